The van der Waals surface area contributed by atoms with Crippen LogP contribution in [-0.2, 0) is 0 Å². The lowest BCUT2D eigenvalue weighted by atomic mass is 10.0. The summed E-state index contributed by atoms with van der Waals surface area (Å²) in [6.45, 7) is 3.70. The van der Waals surface area contributed by atoms with Crippen molar-refractivity contribution in [3.8, 4) is 0 Å². The minimum absolute atomic E-state index is 0.00331. The minimum Gasteiger partial charge on any atom is -0.394 e. The van der Waals surface area contributed by atoms with E-state index in [-0.39, 0.29) is 25.3 Å². The van der Waals surface area contributed by atoms with E-state index in [1.165, 1.54) is 0 Å². The van der Waals surface area contributed by atoms with Crippen molar-refractivity contribution in [2.45, 2.75) is 12.1 Å². The van der Waals surface area contributed by atoms with Gasteiger partial charge in [0.05, 0.1) is 25.3 Å². The Morgan fingerprint density at radius 1 is 1.25 bits per heavy atom. The monoisotopic (exact) mass is 221 g/mol. The molecule has 1 aromatic rings. The first-order valence-electron chi connectivity index (χ1n) is 5.35. The highest BCUT2D eigenvalue weighted by Gasteiger charge is 2.20. The van der Waals surface area contributed by atoms with Crippen molar-refractivity contribution >= 4 is 0 Å². The maximum absolute atomic E-state index is 9.43. The average Bonchev–Trinajstić information content (AvgIpc) is 2.33. The Bertz CT molecular complexity index is 313. The predicted octanol–water partition coefficient (Wildman–Crippen LogP) is 1.20. The van der Waals surface area contributed by atoms with E-state index in [2.05, 4.69) is 6.58 Å². The van der Waals surface area contributed by atoms with Crippen LogP contribution in [0.5, 0.6) is 0 Å². The number of hydrogen-bond acceptors (Lipinski definition) is 3. The van der Waals surface area contributed by atoms with Gasteiger partial charge in [-0.1, -0.05) is 36.4 Å². The quantitative estimate of drug-likeness (QED) is 0.709. The smallest absolute Gasteiger partial charge is 0.0628 e. The predicted molar refractivity (Wildman–Crippen MR) is 65.1 cm³/mol. The molecule has 3 nitrogen and oxygen atoms in total. The van der Waals surface area contributed by atoms with Gasteiger partial charge in [0.2, 0.25) is 0 Å². The van der Waals surface area contributed by atoms with Crippen LogP contribution in [0.25, 0.3) is 0 Å². The first-order valence-corrected chi connectivity index (χ1v) is 5.35. The van der Waals surface area contributed by atoms with E-state index in [0.717, 1.165) is 5.56 Å². The van der Waals surface area contributed by atoms with Crippen LogP contribution < -0.4 is 0 Å². The van der Waals surface area contributed by atoms with Gasteiger partial charge in [0, 0.05) is 0 Å². The molecule has 0 spiro atoms. The molecule has 1 aromatic carbocycles. The number of nitrogens with zero attached hydrogens (tertiary/aromatic N) is 1. The molecule has 16 heavy (non-hydrogen) atoms. The fourth-order valence-corrected chi connectivity index (χ4v) is 1.75. The zero-order valence-electron chi connectivity index (χ0n) is 9.58. The van der Waals surface area contributed by atoms with Crippen LogP contribution in [0.1, 0.15) is 11.6 Å². The molecule has 0 heterocycles. The summed E-state index contributed by atoms with van der Waals surface area (Å²) in [5.74, 6) is 0. The van der Waals surface area contributed by atoms with Gasteiger partial charge in [-0.25, -0.2) is 0 Å². The molecule has 0 amide bonds. The van der Waals surface area contributed by atoms with Crippen LogP contribution in [0.4, 0.5) is 0 Å². The van der Waals surface area contributed by atoms with Gasteiger partial charge < -0.3 is 10.2 Å². The Morgan fingerprint density at radius 3 is 2.31 bits per heavy atom. The molecule has 0 radical (unpaired) electrons. The van der Waals surface area contributed by atoms with E-state index in [0.29, 0.717) is 0 Å². The maximum Gasteiger partial charge on any atom is 0.0628 e. The number of aliphatic hydroxyl groups is 2. The molecule has 0 aliphatic heterocycles. The molecular formula is C13H19NO2. The molecular weight excluding hydrogens is 202 g/mol. The lowest BCUT2D eigenvalue weighted by Crippen LogP contribution is -2.37. The summed E-state index contributed by atoms with van der Waals surface area (Å²) in [6.07, 6.45) is 1.69. The van der Waals surface area contributed by atoms with Gasteiger partial charge in [-0.2, -0.15) is 0 Å². The first-order chi connectivity index (χ1) is 7.74. The second-order valence-electron chi connectivity index (χ2n) is 3.76. The Kier molecular flexibility index (Phi) is 5.19. The summed E-state index contributed by atoms with van der Waals surface area (Å²) in [5.41, 5.74) is 1.04. The summed E-state index contributed by atoms with van der Waals surface area (Å²) < 4.78 is 0. The molecule has 0 bridgehead atoms. The molecule has 0 saturated carbocycles. The second kappa shape index (κ2) is 6.43. The zero-order chi connectivity index (χ0) is 12.0. The average molecular weight is 221 g/mol. The van der Waals surface area contributed by atoms with Gasteiger partial charge in [0.25, 0.3) is 0 Å². The Balaban J connectivity index is 2.86. The van der Waals surface area contributed by atoms with Crippen molar-refractivity contribution in [3.05, 3.63) is 48.6 Å². The molecule has 0 fully saturated rings. The van der Waals surface area contributed by atoms with Crippen LogP contribution in [0.2, 0.25) is 0 Å². The lowest BCUT2D eigenvalue weighted by molar-refractivity contribution is 0.0949. The summed E-state index contributed by atoms with van der Waals surface area (Å²) >= 11 is 0. The van der Waals surface area contributed by atoms with Crippen molar-refractivity contribution in [3.63, 3.8) is 0 Å². The minimum atomic E-state index is -0.141. The van der Waals surface area contributed by atoms with Crippen molar-refractivity contribution in [2.24, 2.45) is 0 Å². The number of rotatable bonds is 6. The molecule has 1 rings (SSSR count). The highest BCUT2D eigenvalue weighted by molar-refractivity contribution is 5.19. The highest BCUT2D eigenvalue weighted by atomic mass is 16.3. The van der Waals surface area contributed by atoms with Gasteiger partial charge in [0.15, 0.2) is 0 Å². The Morgan fingerprint density at radius 2 is 1.88 bits per heavy atom. The largest absolute Gasteiger partial charge is 0.394 e. The van der Waals surface area contributed by atoms with Gasteiger partial charge in [0.1, 0.15) is 0 Å². The topological polar surface area (TPSA) is 43.7 Å². The molecule has 2 atom stereocenters. The van der Waals surface area contributed by atoms with Crippen LogP contribution in [0.3, 0.4) is 0 Å². The third-order valence-electron chi connectivity index (χ3n) is 2.83. The number of benzene rings is 1. The first kappa shape index (κ1) is 12.9. The van der Waals surface area contributed by atoms with Gasteiger partial charge >= 0.3 is 0 Å². The van der Waals surface area contributed by atoms with Crippen molar-refractivity contribution in [1.82, 2.24) is 4.90 Å². The van der Waals surface area contributed by atoms with Crippen LogP contribution >= 0.6 is 0 Å². The van der Waals surface area contributed by atoms with Crippen LogP contribution in [0, 0.1) is 0 Å². The van der Waals surface area contributed by atoms with E-state index in [1.54, 1.807) is 6.08 Å². The molecule has 0 unspecified atom stereocenters. The molecule has 0 saturated heterocycles. The highest BCUT2D eigenvalue weighted by Crippen LogP contribution is 2.20. The van der Waals surface area contributed by atoms with Crippen LogP contribution in [-0.4, -0.2) is 41.4 Å². The van der Waals surface area contributed by atoms with E-state index in [9.17, 15) is 10.2 Å². The lowest BCUT2D eigenvalue weighted by Gasteiger charge is -2.31. The zero-order valence-corrected chi connectivity index (χ0v) is 9.58. The summed E-state index contributed by atoms with van der Waals surface area (Å²) in [5, 5.41) is 18.6. The summed E-state index contributed by atoms with van der Waals surface area (Å²) in [4.78, 5) is 1.92. The van der Waals surface area contributed by atoms with Crippen molar-refractivity contribution < 1.29 is 10.2 Å². The second-order valence-corrected chi connectivity index (χ2v) is 3.76. The number of likely N-dealkylation sites (N-methyl/N-ethyl adjacent to an activating group) is 1. The Hall–Kier alpha value is -1.16. The number of aliphatic hydroxyl groups excluding tert-OH is 2. The SMILES string of the molecule is C=C[C@@H](CO)N(C)[C@@H](CO)c1ccccc1. The normalized spacial score (nSPS) is 14.8. The molecule has 2 N–H and O–H groups in total. The maximum atomic E-state index is 9.43. The fraction of sp³-hybridized carbons (Fsp3) is 0.385. The van der Waals surface area contributed by atoms with Crippen LogP contribution in [0.15, 0.2) is 43.0 Å². The van der Waals surface area contributed by atoms with Gasteiger partial charge in [-0.05, 0) is 12.6 Å². The van der Waals surface area contributed by atoms with E-state index >= 15 is 0 Å². The molecule has 3 heteroatoms. The van der Waals surface area contributed by atoms with E-state index in [4.69, 9.17) is 0 Å². The third-order valence-corrected chi connectivity index (χ3v) is 2.83. The third kappa shape index (κ3) is 2.92. The molecule has 0 aliphatic carbocycles. The fourth-order valence-electron chi connectivity index (χ4n) is 1.75. The molecule has 88 valence electrons. The van der Waals surface area contributed by atoms with E-state index in [1.807, 2.05) is 42.3 Å². The number of hydrogen-bond donors (Lipinski definition) is 2. The summed E-state index contributed by atoms with van der Waals surface area (Å²) in [7, 11) is 1.87. The van der Waals surface area contributed by atoms with Gasteiger partial charge in [-0.3, -0.25) is 4.90 Å². The van der Waals surface area contributed by atoms with Crippen molar-refractivity contribution in [1.29, 1.82) is 0 Å². The summed E-state index contributed by atoms with van der Waals surface area (Å²) in [6, 6.07) is 9.49. The standard InChI is InChI=1S/C13H19NO2/c1-3-12(9-15)14(2)13(10-16)11-7-5-4-6-8-11/h3-8,12-13,15-16H,1,9-10H2,2H3/t12-,13-/m0/s1. The molecule has 0 aliphatic rings. The van der Waals surface area contributed by atoms with E-state index < -0.39 is 0 Å². The van der Waals surface area contributed by atoms with Crippen molar-refractivity contribution in [2.75, 3.05) is 20.3 Å². The molecule has 0 aromatic heterocycles. The van der Waals surface area contributed by atoms with Gasteiger partial charge in [-0.15, -0.1) is 6.58 Å². The Labute approximate surface area is 96.6 Å².